The van der Waals surface area contributed by atoms with Crippen molar-refractivity contribution in [3.63, 3.8) is 0 Å². The number of aliphatic hydroxyl groups excluding tert-OH is 1. The average molecular weight is 235 g/mol. The zero-order valence-electron chi connectivity index (χ0n) is 10.5. The summed E-state index contributed by atoms with van der Waals surface area (Å²) in [7, 11) is 0. The van der Waals surface area contributed by atoms with E-state index in [1.165, 1.54) is 5.56 Å². The first-order valence-corrected chi connectivity index (χ1v) is 6.15. The van der Waals surface area contributed by atoms with Crippen LogP contribution in [-0.4, -0.2) is 39.4 Å². The number of aliphatic hydroxyl groups is 2. The van der Waals surface area contributed by atoms with Crippen molar-refractivity contribution in [2.24, 2.45) is 0 Å². The van der Waals surface area contributed by atoms with Crippen LogP contribution in [0.1, 0.15) is 25.8 Å². The van der Waals surface area contributed by atoms with Crippen LogP contribution in [0.5, 0.6) is 0 Å². The van der Waals surface area contributed by atoms with Crippen molar-refractivity contribution in [1.29, 1.82) is 0 Å². The normalized spacial score (nSPS) is 26.4. The molecule has 1 aliphatic heterocycles. The molecule has 2 rings (SSSR count). The zero-order valence-corrected chi connectivity index (χ0v) is 10.5. The van der Waals surface area contributed by atoms with E-state index in [2.05, 4.69) is 17.0 Å². The quantitative estimate of drug-likeness (QED) is 0.832. The van der Waals surface area contributed by atoms with Gasteiger partial charge < -0.3 is 10.2 Å². The molecule has 17 heavy (non-hydrogen) atoms. The molecule has 3 nitrogen and oxygen atoms in total. The summed E-state index contributed by atoms with van der Waals surface area (Å²) < 4.78 is 0. The van der Waals surface area contributed by atoms with Gasteiger partial charge in [0, 0.05) is 19.1 Å². The smallest absolute Gasteiger partial charge is 0.0747 e. The third kappa shape index (κ3) is 3.06. The van der Waals surface area contributed by atoms with Gasteiger partial charge in [-0.15, -0.1) is 0 Å². The minimum Gasteiger partial charge on any atom is -0.392 e. The molecule has 3 heteroatoms. The average Bonchev–Trinajstić information content (AvgIpc) is 2.60. The fraction of sp³-hybridized carbons (Fsp3) is 0.571. The van der Waals surface area contributed by atoms with Gasteiger partial charge in [0.15, 0.2) is 0 Å². The molecule has 1 fully saturated rings. The first-order valence-electron chi connectivity index (χ1n) is 6.15. The van der Waals surface area contributed by atoms with Crippen LogP contribution in [0.25, 0.3) is 0 Å². The first kappa shape index (κ1) is 12.6. The van der Waals surface area contributed by atoms with Gasteiger partial charge in [-0.1, -0.05) is 30.3 Å². The molecule has 0 radical (unpaired) electrons. The monoisotopic (exact) mass is 235 g/mol. The lowest BCUT2D eigenvalue weighted by Gasteiger charge is -2.33. The largest absolute Gasteiger partial charge is 0.392 e. The maximum atomic E-state index is 10.1. The van der Waals surface area contributed by atoms with Gasteiger partial charge in [-0.05, 0) is 25.8 Å². The molecule has 94 valence electrons. The molecule has 1 aliphatic rings. The Morgan fingerprint density at radius 1 is 1.29 bits per heavy atom. The van der Waals surface area contributed by atoms with Crippen LogP contribution in [0.2, 0.25) is 0 Å². The predicted octanol–water partition coefficient (Wildman–Crippen LogP) is 1.39. The molecule has 1 aromatic carbocycles. The third-order valence-corrected chi connectivity index (χ3v) is 3.43. The highest BCUT2D eigenvalue weighted by atomic mass is 16.3. The van der Waals surface area contributed by atoms with Gasteiger partial charge in [0.2, 0.25) is 0 Å². The molecule has 1 saturated heterocycles. The van der Waals surface area contributed by atoms with Crippen molar-refractivity contribution >= 4 is 0 Å². The van der Waals surface area contributed by atoms with Crippen LogP contribution in [0.3, 0.4) is 0 Å². The van der Waals surface area contributed by atoms with E-state index in [1.807, 2.05) is 32.0 Å². The Kier molecular flexibility index (Phi) is 3.52. The van der Waals surface area contributed by atoms with E-state index >= 15 is 0 Å². The fourth-order valence-electron chi connectivity index (χ4n) is 2.61. The van der Waals surface area contributed by atoms with E-state index in [1.54, 1.807) is 0 Å². The van der Waals surface area contributed by atoms with Gasteiger partial charge in [0.1, 0.15) is 0 Å². The molecular weight excluding hydrogens is 214 g/mol. The predicted molar refractivity (Wildman–Crippen MR) is 67.6 cm³/mol. The minimum atomic E-state index is -0.772. The minimum absolute atomic E-state index is 0.0257. The second-order valence-electron chi connectivity index (χ2n) is 5.47. The van der Waals surface area contributed by atoms with Gasteiger partial charge in [0.25, 0.3) is 0 Å². The lowest BCUT2D eigenvalue weighted by atomic mass is 9.96. The van der Waals surface area contributed by atoms with E-state index in [0.717, 1.165) is 6.54 Å². The van der Waals surface area contributed by atoms with Crippen molar-refractivity contribution in [2.45, 2.75) is 44.6 Å². The standard InChI is InChI=1S/C14H21NO2/c1-14(2,17)13-8-12(16)10-15(13)9-11-6-4-3-5-7-11/h3-7,12-13,16-17H,8-10H2,1-2H3/t12-,13+/m1/s1. The molecule has 0 aromatic heterocycles. The lowest BCUT2D eigenvalue weighted by Crippen LogP contribution is -2.45. The summed E-state index contributed by atoms with van der Waals surface area (Å²) >= 11 is 0. The maximum Gasteiger partial charge on any atom is 0.0747 e. The van der Waals surface area contributed by atoms with Gasteiger partial charge in [0.05, 0.1) is 11.7 Å². The van der Waals surface area contributed by atoms with E-state index in [4.69, 9.17) is 0 Å². The van der Waals surface area contributed by atoms with E-state index in [9.17, 15) is 10.2 Å². The summed E-state index contributed by atoms with van der Waals surface area (Å²) in [5.41, 5.74) is 0.447. The second-order valence-corrected chi connectivity index (χ2v) is 5.47. The highest BCUT2D eigenvalue weighted by Crippen LogP contribution is 2.28. The molecule has 1 aromatic rings. The molecule has 0 aliphatic carbocycles. The maximum absolute atomic E-state index is 10.1. The third-order valence-electron chi connectivity index (χ3n) is 3.43. The molecule has 0 bridgehead atoms. The number of likely N-dealkylation sites (tertiary alicyclic amines) is 1. The van der Waals surface area contributed by atoms with Crippen LogP contribution in [-0.2, 0) is 6.54 Å². The fourth-order valence-corrected chi connectivity index (χ4v) is 2.61. The highest BCUT2D eigenvalue weighted by Gasteiger charge is 2.39. The number of benzene rings is 1. The van der Waals surface area contributed by atoms with Crippen molar-refractivity contribution < 1.29 is 10.2 Å². The summed E-state index contributed by atoms with van der Waals surface area (Å²) in [6.07, 6.45) is 0.325. The van der Waals surface area contributed by atoms with Gasteiger partial charge in [-0.2, -0.15) is 0 Å². The summed E-state index contributed by atoms with van der Waals surface area (Å²) in [5, 5.41) is 19.9. The van der Waals surface area contributed by atoms with Gasteiger partial charge in [-0.3, -0.25) is 4.90 Å². The molecule has 1 heterocycles. The molecule has 2 N–H and O–H groups in total. The number of hydrogen-bond acceptors (Lipinski definition) is 3. The number of rotatable bonds is 3. The van der Waals surface area contributed by atoms with E-state index in [0.29, 0.717) is 13.0 Å². The van der Waals surface area contributed by atoms with Crippen LogP contribution in [0.15, 0.2) is 30.3 Å². The Balaban J connectivity index is 2.09. The number of β-amino-alcohol motifs (C(OH)–C–C–N with tert-alkyl or cyclic N) is 1. The Labute approximate surface area is 103 Å². The Morgan fingerprint density at radius 3 is 2.53 bits per heavy atom. The van der Waals surface area contributed by atoms with Gasteiger partial charge in [-0.25, -0.2) is 0 Å². The first-order chi connectivity index (χ1) is 7.97. The summed E-state index contributed by atoms with van der Waals surface area (Å²) in [5.74, 6) is 0. The van der Waals surface area contributed by atoms with E-state index < -0.39 is 5.60 Å². The van der Waals surface area contributed by atoms with Crippen molar-refractivity contribution in [2.75, 3.05) is 6.54 Å². The molecule has 0 saturated carbocycles. The topological polar surface area (TPSA) is 43.7 Å². The Bertz CT molecular complexity index is 358. The summed E-state index contributed by atoms with van der Waals surface area (Å²) in [6.45, 7) is 5.05. The molecule has 0 amide bonds. The van der Waals surface area contributed by atoms with Crippen LogP contribution >= 0.6 is 0 Å². The molecule has 2 atom stereocenters. The zero-order chi connectivity index (χ0) is 12.5. The van der Waals surface area contributed by atoms with Crippen LogP contribution < -0.4 is 0 Å². The lowest BCUT2D eigenvalue weighted by molar-refractivity contribution is -0.00528. The Morgan fingerprint density at radius 2 is 1.94 bits per heavy atom. The van der Waals surface area contributed by atoms with Crippen molar-refractivity contribution in [3.05, 3.63) is 35.9 Å². The van der Waals surface area contributed by atoms with Crippen LogP contribution in [0.4, 0.5) is 0 Å². The Hall–Kier alpha value is -0.900. The molecular formula is C14H21NO2. The molecule has 0 unspecified atom stereocenters. The van der Waals surface area contributed by atoms with Gasteiger partial charge >= 0.3 is 0 Å². The summed E-state index contributed by atoms with van der Waals surface area (Å²) in [4.78, 5) is 2.17. The van der Waals surface area contributed by atoms with Crippen molar-refractivity contribution in [1.82, 2.24) is 4.90 Å². The SMILES string of the molecule is CC(C)(O)[C@@H]1C[C@@H](O)CN1Cc1ccccc1. The molecule has 0 spiro atoms. The number of hydrogen-bond donors (Lipinski definition) is 2. The van der Waals surface area contributed by atoms with Crippen LogP contribution in [0, 0.1) is 0 Å². The van der Waals surface area contributed by atoms with Crippen molar-refractivity contribution in [3.8, 4) is 0 Å². The second kappa shape index (κ2) is 4.77. The highest BCUT2D eigenvalue weighted by molar-refractivity contribution is 5.15. The summed E-state index contributed by atoms with van der Waals surface area (Å²) in [6, 6.07) is 10.2. The number of nitrogens with zero attached hydrogens (tertiary/aromatic N) is 1. The van der Waals surface area contributed by atoms with E-state index in [-0.39, 0.29) is 12.1 Å².